The fraction of sp³-hybridized carbons (Fsp3) is 0.545. The number of anilines is 1. The Hall–Kier alpha value is -3.39. The number of hydrogen-bond acceptors (Lipinski definition) is 12. The molecule has 196 valence electrons. The summed E-state index contributed by atoms with van der Waals surface area (Å²) >= 11 is 1.31. The average Bonchev–Trinajstić information content (AvgIpc) is 3.23. The van der Waals surface area contributed by atoms with Crippen molar-refractivity contribution in [2.24, 2.45) is 4.99 Å². The first-order valence-corrected chi connectivity index (χ1v) is 12.2. The molecule has 1 unspecified atom stereocenters. The summed E-state index contributed by atoms with van der Waals surface area (Å²) in [6.07, 6.45) is 1.88. The summed E-state index contributed by atoms with van der Waals surface area (Å²) < 4.78 is 24.2. The molecule has 13 nitrogen and oxygen atoms in total. The van der Waals surface area contributed by atoms with Crippen molar-refractivity contribution in [1.29, 1.82) is 0 Å². The van der Waals surface area contributed by atoms with Gasteiger partial charge in [0, 0.05) is 41.1 Å². The minimum Gasteiger partial charge on any atom is -0.463 e. The van der Waals surface area contributed by atoms with Crippen LogP contribution in [0.25, 0.3) is 11.0 Å². The molecule has 0 radical (unpaired) electrons. The van der Waals surface area contributed by atoms with E-state index in [9.17, 15) is 14.4 Å². The van der Waals surface area contributed by atoms with E-state index in [1.54, 1.807) is 28.9 Å². The van der Waals surface area contributed by atoms with Crippen molar-refractivity contribution in [2.75, 3.05) is 32.7 Å². The number of fused-ring (bicyclic) bond motifs is 1. The van der Waals surface area contributed by atoms with Crippen molar-refractivity contribution in [1.82, 2.24) is 19.4 Å². The van der Waals surface area contributed by atoms with Crippen LogP contribution < -0.4 is 5.73 Å². The minimum atomic E-state index is -1.53. The quantitative estimate of drug-likeness (QED) is 0.134. The lowest BCUT2D eigenvalue weighted by Gasteiger charge is -2.34. The van der Waals surface area contributed by atoms with Gasteiger partial charge in [-0.15, -0.1) is 0 Å². The molecule has 2 aromatic heterocycles. The van der Waals surface area contributed by atoms with Crippen LogP contribution in [0.4, 0.5) is 11.5 Å². The van der Waals surface area contributed by atoms with Crippen LogP contribution >= 0.6 is 11.8 Å². The average molecular weight is 523 g/mol. The molecule has 2 N–H and O–H groups in total. The molecular formula is C22H30N6O7S. The molecule has 3 heterocycles. The number of aliphatic imine (C=N–C) groups is 1. The second-order valence-corrected chi connectivity index (χ2v) is 9.34. The van der Waals surface area contributed by atoms with Crippen molar-refractivity contribution >= 4 is 58.5 Å². The lowest BCUT2D eigenvalue weighted by molar-refractivity contribution is -0.184. The SMILES string of the molecule is CSc1nc(N=CN(C)C)c2c(N)cn(C3O[C@H](COC(C)=O)[C@@H](OC(C)=O)[C@@]3(C)OC(C)=O)c2n1. The van der Waals surface area contributed by atoms with Crippen molar-refractivity contribution in [2.45, 2.75) is 56.9 Å². The molecule has 1 fully saturated rings. The number of carbonyl (C=O) groups is 3. The molecule has 0 bridgehead atoms. The van der Waals surface area contributed by atoms with Crippen LogP contribution in [-0.4, -0.2) is 88.4 Å². The van der Waals surface area contributed by atoms with E-state index in [1.807, 2.05) is 20.4 Å². The van der Waals surface area contributed by atoms with Gasteiger partial charge in [-0.2, -0.15) is 0 Å². The Labute approximate surface area is 212 Å². The summed E-state index contributed by atoms with van der Waals surface area (Å²) in [6, 6.07) is 0. The molecule has 1 aliphatic rings. The molecule has 14 heteroatoms. The van der Waals surface area contributed by atoms with Crippen LogP contribution in [0.3, 0.4) is 0 Å². The normalized spacial score (nSPS) is 23.7. The zero-order valence-corrected chi connectivity index (χ0v) is 22.0. The van der Waals surface area contributed by atoms with Crippen LogP contribution in [0.2, 0.25) is 0 Å². The van der Waals surface area contributed by atoms with E-state index < -0.39 is 41.9 Å². The van der Waals surface area contributed by atoms with Gasteiger partial charge in [0.05, 0.1) is 17.4 Å². The van der Waals surface area contributed by atoms with Gasteiger partial charge in [0.25, 0.3) is 0 Å². The van der Waals surface area contributed by atoms with Gasteiger partial charge in [-0.25, -0.2) is 15.0 Å². The van der Waals surface area contributed by atoms with Gasteiger partial charge in [-0.05, 0) is 13.2 Å². The Morgan fingerprint density at radius 3 is 2.50 bits per heavy atom. The Balaban J connectivity index is 2.22. The fourth-order valence-corrected chi connectivity index (χ4v) is 4.37. The maximum absolute atomic E-state index is 12.2. The third kappa shape index (κ3) is 5.54. The number of esters is 3. The largest absolute Gasteiger partial charge is 0.463 e. The second kappa shape index (κ2) is 10.7. The number of nitrogen functional groups attached to an aromatic ring is 1. The Kier molecular flexibility index (Phi) is 8.09. The lowest BCUT2D eigenvalue weighted by atomic mass is 9.95. The van der Waals surface area contributed by atoms with Crippen LogP contribution in [0.15, 0.2) is 16.3 Å². The summed E-state index contributed by atoms with van der Waals surface area (Å²) in [4.78, 5) is 50.9. The first-order chi connectivity index (χ1) is 16.9. The molecule has 4 atom stereocenters. The van der Waals surface area contributed by atoms with E-state index in [4.69, 9.17) is 24.7 Å². The third-order valence-electron chi connectivity index (χ3n) is 5.31. The lowest BCUT2D eigenvalue weighted by Crippen LogP contribution is -2.50. The monoisotopic (exact) mass is 522 g/mol. The highest BCUT2D eigenvalue weighted by Crippen LogP contribution is 2.46. The van der Waals surface area contributed by atoms with Crippen molar-refractivity contribution in [3.8, 4) is 0 Å². The van der Waals surface area contributed by atoms with Gasteiger partial charge >= 0.3 is 17.9 Å². The number of thioether (sulfide) groups is 1. The smallest absolute Gasteiger partial charge is 0.303 e. The van der Waals surface area contributed by atoms with Gasteiger partial charge < -0.3 is 29.6 Å². The van der Waals surface area contributed by atoms with Gasteiger partial charge in [-0.3, -0.25) is 19.0 Å². The maximum Gasteiger partial charge on any atom is 0.303 e. The van der Waals surface area contributed by atoms with E-state index in [0.717, 1.165) is 0 Å². The molecule has 0 aliphatic carbocycles. The van der Waals surface area contributed by atoms with Crippen LogP contribution in [0, 0.1) is 0 Å². The highest BCUT2D eigenvalue weighted by atomic mass is 32.2. The van der Waals surface area contributed by atoms with Crippen molar-refractivity contribution in [3.63, 3.8) is 0 Å². The van der Waals surface area contributed by atoms with Gasteiger partial charge in [0.1, 0.15) is 12.7 Å². The number of aromatic nitrogens is 3. The molecule has 2 aromatic rings. The maximum atomic E-state index is 12.2. The van der Waals surface area contributed by atoms with Crippen LogP contribution in [-0.2, 0) is 33.3 Å². The zero-order chi connectivity index (χ0) is 26.8. The zero-order valence-electron chi connectivity index (χ0n) is 21.2. The fourth-order valence-electron chi connectivity index (χ4n) is 4.01. The highest BCUT2D eigenvalue weighted by Gasteiger charge is 2.60. The first kappa shape index (κ1) is 27.2. The number of nitrogens with zero attached hydrogens (tertiary/aromatic N) is 5. The second-order valence-electron chi connectivity index (χ2n) is 8.57. The third-order valence-corrected chi connectivity index (χ3v) is 5.86. The Bertz CT molecular complexity index is 1200. The predicted octanol–water partition coefficient (Wildman–Crippen LogP) is 1.67. The van der Waals surface area contributed by atoms with E-state index in [0.29, 0.717) is 27.7 Å². The van der Waals surface area contributed by atoms with E-state index in [1.165, 1.54) is 32.5 Å². The Morgan fingerprint density at radius 1 is 1.25 bits per heavy atom. The molecule has 0 saturated carbocycles. The van der Waals surface area contributed by atoms with Gasteiger partial charge in [0.2, 0.25) is 0 Å². The minimum absolute atomic E-state index is 0.237. The standard InChI is InChI=1S/C22H30N6O7S/c1-11(29)32-9-15-17(33-12(2)30)22(4,35-13(3)31)20(34-15)28-8-14(23)16-18(24-10-27(5)6)25-21(36-7)26-19(16)28/h8,10,15,17,20H,9,23H2,1-7H3/t15-,17-,20?,22-/m1/s1. The molecule has 36 heavy (non-hydrogen) atoms. The summed E-state index contributed by atoms with van der Waals surface area (Å²) in [7, 11) is 3.64. The highest BCUT2D eigenvalue weighted by molar-refractivity contribution is 7.98. The summed E-state index contributed by atoms with van der Waals surface area (Å²) in [5, 5.41) is 0.889. The summed E-state index contributed by atoms with van der Waals surface area (Å²) in [5.74, 6) is -1.46. The molecule has 1 aliphatic heterocycles. The van der Waals surface area contributed by atoms with Crippen LogP contribution in [0.5, 0.6) is 0 Å². The van der Waals surface area contributed by atoms with Crippen molar-refractivity contribution in [3.05, 3.63) is 6.20 Å². The predicted molar refractivity (Wildman–Crippen MR) is 132 cm³/mol. The van der Waals surface area contributed by atoms with Crippen molar-refractivity contribution < 1.29 is 33.3 Å². The number of carbonyl (C=O) groups excluding carboxylic acids is 3. The molecule has 1 saturated heterocycles. The summed E-state index contributed by atoms with van der Waals surface area (Å²) in [5.41, 5.74) is 5.52. The van der Waals surface area contributed by atoms with E-state index in [2.05, 4.69) is 15.0 Å². The molecular weight excluding hydrogens is 492 g/mol. The Morgan fingerprint density at radius 2 is 1.94 bits per heavy atom. The topological polar surface area (TPSA) is 160 Å². The number of ether oxygens (including phenoxy) is 4. The number of nitrogens with two attached hydrogens (primary N) is 1. The van der Waals surface area contributed by atoms with Gasteiger partial charge in [0.15, 0.2) is 34.6 Å². The van der Waals surface area contributed by atoms with Gasteiger partial charge in [-0.1, -0.05) is 11.8 Å². The van der Waals surface area contributed by atoms with E-state index in [-0.39, 0.29) is 6.61 Å². The molecule has 0 amide bonds. The molecule has 0 aromatic carbocycles. The van der Waals surface area contributed by atoms with Crippen LogP contribution in [0.1, 0.15) is 33.9 Å². The first-order valence-electron chi connectivity index (χ1n) is 11.0. The molecule has 0 spiro atoms. The number of hydrogen-bond donors (Lipinski definition) is 1. The van der Waals surface area contributed by atoms with E-state index >= 15 is 0 Å². The summed E-state index contributed by atoms with van der Waals surface area (Å²) in [6.45, 7) is 5.04. The number of rotatable bonds is 8. The molecule has 3 rings (SSSR count).